The van der Waals surface area contributed by atoms with Gasteiger partial charge in [0.2, 0.25) is 0 Å². The summed E-state index contributed by atoms with van der Waals surface area (Å²) in [6.07, 6.45) is 1.64. The molecule has 0 bridgehead atoms. The number of benzene rings is 1. The maximum absolute atomic E-state index is 12.0. The van der Waals surface area contributed by atoms with Crippen LogP contribution in [0.4, 0.5) is 0 Å². The van der Waals surface area contributed by atoms with E-state index in [1.807, 2.05) is 41.1 Å². The summed E-state index contributed by atoms with van der Waals surface area (Å²) < 4.78 is 2.01. The average Bonchev–Trinajstić information content (AvgIpc) is 3.30. The number of aromatic nitrogens is 3. The third-order valence-corrected chi connectivity index (χ3v) is 5.37. The molecule has 0 aliphatic carbocycles. The molecule has 0 saturated carbocycles. The number of thioether (sulfide) groups is 1. The maximum atomic E-state index is 12.0. The van der Waals surface area contributed by atoms with Crippen LogP contribution in [-0.2, 0) is 11.3 Å². The van der Waals surface area contributed by atoms with E-state index in [0.29, 0.717) is 0 Å². The molecule has 1 N–H and O–H groups in total. The Morgan fingerprint density at radius 2 is 2.12 bits per heavy atom. The van der Waals surface area contributed by atoms with Crippen molar-refractivity contribution in [3.63, 3.8) is 0 Å². The van der Waals surface area contributed by atoms with E-state index < -0.39 is 0 Å². The number of hydrogen-bond acceptors (Lipinski definition) is 6. The van der Waals surface area contributed by atoms with Gasteiger partial charge in [0, 0.05) is 17.0 Å². The number of hydrogen-bond donors (Lipinski definition) is 1. The van der Waals surface area contributed by atoms with Gasteiger partial charge in [-0.2, -0.15) is 5.10 Å². The standard InChI is InChI=1S/C18H19N5OS2/c1-3-23-17(14-8-6-13(2)7-9-14)21-22-18(23)26-12-16(24)20-19-11-15-5-4-10-25-15/h4-11H,3,12H2,1-2H3,(H,20,24). The highest BCUT2D eigenvalue weighted by atomic mass is 32.2. The third-order valence-electron chi connectivity index (χ3n) is 3.60. The zero-order chi connectivity index (χ0) is 18.4. The molecule has 3 rings (SSSR count). The van der Waals surface area contributed by atoms with Crippen molar-refractivity contribution in [3.8, 4) is 11.4 Å². The quantitative estimate of drug-likeness (QED) is 0.383. The summed E-state index contributed by atoms with van der Waals surface area (Å²) in [5, 5.41) is 15.2. The molecule has 0 atom stereocenters. The number of hydrazone groups is 1. The summed E-state index contributed by atoms with van der Waals surface area (Å²) in [6, 6.07) is 12.0. The third kappa shape index (κ3) is 4.59. The minimum Gasteiger partial charge on any atom is -0.302 e. The van der Waals surface area contributed by atoms with E-state index in [1.165, 1.54) is 17.3 Å². The molecular formula is C18H19N5OS2. The van der Waals surface area contributed by atoms with Crippen LogP contribution in [0.1, 0.15) is 17.4 Å². The summed E-state index contributed by atoms with van der Waals surface area (Å²) >= 11 is 2.92. The number of nitrogens with one attached hydrogen (secondary N) is 1. The Bertz CT molecular complexity index is 885. The van der Waals surface area contributed by atoms with Crippen molar-refractivity contribution in [3.05, 3.63) is 52.2 Å². The lowest BCUT2D eigenvalue weighted by molar-refractivity contribution is -0.118. The Labute approximate surface area is 160 Å². The molecule has 26 heavy (non-hydrogen) atoms. The fourth-order valence-electron chi connectivity index (χ4n) is 2.29. The zero-order valence-corrected chi connectivity index (χ0v) is 16.2. The number of carbonyl (C=O) groups excluding carboxylic acids is 1. The molecule has 134 valence electrons. The molecule has 3 aromatic rings. The van der Waals surface area contributed by atoms with E-state index in [1.54, 1.807) is 17.6 Å². The van der Waals surface area contributed by atoms with Gasteiger partial charge in [0.05, 0.1) is 12.0 Å². The van der Waals surface area contributed by atoms with E-state index in [-0.39, 0.29) is 11.7 Å². The molecule has 6 nitrogen and oxygen atoms in total. The van der Waals surface area contributed by atoms with Crippen LogP contribution in [0, 0.1) is 6.92 Å². The predicted octanol–water partition coefficient (Wildman–Crippen LogP) is 3.58. The average molecular weight is 386 g/mol. The van der Waals surface area contributed by atoms with Crippen LogP contribution in [0.3, 0.4) is 0 Å². The van der Waals surface area contributed by atoms with Crippen LogP contribution in [0.15, 0.2) is 52.0 Å². The second kappa shape index (κ2) is 8.77. The largest absolute Gasteiger partial charge is 0.302 e. The van der Waals surface area contributed by atoms with Crippen molar-refractivity contribution in [1.82, 2.24) is 20.2 Å². The zero-order valence-electron chi connectivity index (χ0n) is 14.5. The Morgan fingerprint density at radius 1 is 1.31 bits per heavy atom. The Kier molecular flexibility index (Phi) is 6.19. The summed E-state index contributed by atoms with van der Waals surface area (Å²) in [4.78, 5) is 13.0. The van der Waals surface area contributed by atoms with E-state index in [0.717, 1.165) is 28.0 Å². The molecule has 2 heterocycles. The highest BCUT2D eigenvalue weighted by Crippen LogP contribution is 2.24. The van der Waals surface area contributed by atoms with Gasteiger partial charge in [0.25, 0.3) is 5.91 Å². The highest BCUT2D eigenvalue weighted by Gasteiger charge is 2.14. The minimum atomic E-state index is -0.176. The number of amides is 1. The summed E-state index contributed by atoms with van der Waals surface area (Å²) in [5.41, 5.74) is 4.75. The summed E-state index contributed by atoms with van der Waals surface area (Å²) in [6.45, 7) is 4.82. The van der Waals surface area contributed by atoms with Gasteiger partial charge in [-0.3, -0.25) is 4.79 Å². The Morgan fingerprint density at radius 3 is 2.81 bits per heavy atom. The monoisotopic (exact) mass is 385 g/mol. The number of thiophene rings is 1. The first kappa shape index (κ1) is 18.3. The molecule has 0 unspecified atom stereocenters. The van der Waals surface area contributed by atoms with Gasteiger partial charge in [-0.05, 0) is 25.3 Å². The normalized spacial score (nSPS) is 11.2. The van der Waals surface area contributed by atoms with Crippen LogP contribution < -0.4 is 5.43 Å². The van der Waals surface area contributed by atoms with Crippen LogP contribution in [0.5, 0.6) is 0 Å². The molecule has 0 saturated heterocycles. The molecule has 0 aliphatic rings. The molecule has 2 aromatic heterocycles. The number of aryl methyl sites for hydroxylation is 1. The van der Waals surface area contributed by atoms with Crippen LogP contribution in [0.25, 0.3) is 11.4 Å². The van der Waals surface area contributed by atoms with E-state index in [2.05, 4.69) is 39.8 Å². The van der Waals surface area contributed by atoms with Crippen molar-refractivity contribution < 1.29 is 4.79 Å². The number of rotatable bonds is 7. The van der Waals surface area contributed by atoms with Crippen LogP contribution in [-0.4, -0.2) is 32.6 Å². The smallest absolute Gasteiger partial charge is 0.250 e. The fourth-order valence-corrected chi connectivity index (χ4v) is 3.67. The fraction of sp³-hybridized carbons (Fsp3) is 0.222. The van der Waals surface area contributed by atoms with Gasteiger partial charge in [-0.1, -0.05) is 47.7 Å². The number of carbonyl (C=O) groups is 1. The van der Waals surface area contributed by atoms with Crippen molar-refractivity contribution in [2.45, 2.75) is 25.5 Å². The van der Waals surface area contributed by atoms with Crippen molar-refractivity contribution >= 4 is 35.2 Å². The van der Waals surface area contributed by atoms with Crippen molar-refractivity contribution in [2.24, 2.45) is 5.10 Å². The van der Waals surface area contributed by atoms with Crippen LogP contribution >= 0.6 is 23.1 Å². The minimum absolute atomic E-state index is 0.176. The highest BCUT2D eigenvalue weighted by molar-refractivity contribution is 7.99. The second-order valence-electron chi connectivity index (χ2n) is 5.51. The topological polar surface area (TPSA) is 72.2 Å². The van der Waals surface area contributed by atoms with E-state index in [9.17, 15) is 4.79 Å². The molecule has 1 amide bonds. The summed E-state index contributed by atoms with van der Waals surface area (Å²) in [5.74, 6) is 0.866. The molecule has 0 spiro atoms. The summed E-state index contributed by atoms with van der Waals surface area (Å²) in [7, 11) is 0. The van der Waals surface area contributed by atoms with Gasteiger partial charge in [0.1, 0.15) is 0 Å². The van der Waals surface area contributed by atoms with E-state index >= 15 is 0 Å². The van der Waals surface area contributed by atoms with Gasteiger partial charge >= 0.3 is 0 Å². The lowest BCUT2D eigenvalue weighted by atomic mass is 10.1. The predicted molar refractivity (Wildman–Crippen MR) is 107 cm³/mol. The van der Waals surface area contributed by atoms with Gasteiger partial charge < -0.3 is 4.57 Å². The van der Waals surface area contributed by atoms with Crippen LogP contribution in [0.2, 0.25) is 0 Å². The Balaban J connectivity index is 1.61. The lowest BCUT2D eigenvalue weighted by Gasteiger charge is -2.07. The first-order chi connectivity index (χ1) is 12.7. The number of nitrogens with zero attached hydrogens (tertiary/aromatic N) is 4. The van der Waals surface area contributed by atoms with Gasteiger partial charge in [-0.25, -0.2) is 5.43 Å². The molecule has 0 aliphatic heterocycles. The van der Waals surface area contributed by atoms with Crippen molar-refractivity contribution in [2.75, 3.05) is 5.75 Å². The molecule has 1 aromatic carbocycles. The maximum Gasteiger partial charge on any atom is 0.250 e. The molecule has 0 fully saturated rings. The molecule has 0 radical (unpaired) electrons. The molecule has 8 heteroatoms. The SMILES string of the molecule is CCn1c(SCC(=O)NN=Cc2cccs2)nnc1-c1ccc(C)cc1. The first-order valence-corrected chi connectivity index (χ1v) is 10.0. The molecular weight excluding hydrogens is 366 g/mol. The van der Waals surface area contributed by atoms with Gasteiger partial charge in [0.15, 0.2) is 11.0 Å². The van der Waals surface area contributed by atoms with Crippen molar-refractivity contribution in [1.29, 1.82) is 0 Å². The first-order valence-electron chi connectivity index (χ1n) is 8.16. The Hall–Kier alpha value is -2.45. The lowest BCUT2D eigenvalue weighted by Crippen LogP contribution is -2.19. The second-order valence-corrected chi connectivity index (χ2v) is 7.44. The van der Waals surface area contributed by atoms with E-state index in [4.69, 9.17) is 0 Å². The van der Waals surface area contributed by atoms with Gasteiger partial charge in [-0.15, -0.1) is 21.5 Å².